The first kappa shape index (κ1) is 11.3. The first-order valence-electron chi connectivity index (χ1n) is 6.40. The molecule has 3 nitrogen and oxygen atoms in total. The van der Waals surface area contributed by atoms with E-state index < -0.39 is 5.97 Å². The Morgan fingerprint density at radius 1 is 1.44 bits per heavy atom. The zero-order chi connectivity index (χ0) is 12.9. The quantitative estimate of drug-likeness (QED) is 0.836. The Hall–Kier alpha value is -1.77. The maximum Gasteiger partial charge on any atom is 0.312 e. The summed E-state index contributed by atoms with van der Waals surface area (Å²) in [6.45, 7) is 2.08. The first-order valence-corrected chi connectivity index (χ1v) is 6.40. The van der Waals surface area contributed by atoms with Gasteiger partial charge in [-0.2, -0.15) is 0 Å². The van der Waals surface area contributed by atoms with Crippen LogP contribution in [-0.4, -0.2) is 15.6 Å². The van der Waals surface area contributed by atoms with Crippen molar-refractivity contribution in [1.82, 2.24) is 4.57 Å². The second-order valence-electron chi connectivity index (χ2n) is 5.23. The van der Waals surface area contributed by atoms with Gasteiger partial charge in [0.2, 0.25) is 0 Å². The number of aromatic nitrogens is 1. The summed E-state index contributed by atoms with van der Waals surface area (Å²) in [4.78, 5) is 11.4. The zero-order valence-electron chi connectivity index (χ0n) is 10.7. The number of carbonyl (C=O) groups is 1. The number of nitrogens with zero attached hydrogens (tertiary/aromatic N) is 1. The van der Waals surface area contributed by atoms with Crippen molar-refractivity contribution in [2.75, 3.05) is 0 Å². The molecule has 1 aromatic carbocycles. The van der Waals surface area contributed by atoms with Crippen LogP contribution in [0.25, 0.3) is 10.9 Å². The molecule has 1 unspecified atom stereocenters. The third-order valence-corrected chi connectivity index (χ3v) is 4.06. The number of benzene rings is 1. The lowest BCUT2D eigenvalue weighted by Gasteiger charge is -2.20. The Bertz CT molecular complexity index is 639. The summed E-state index contributed by atoms with van der Waals surface area (Å²) in [5.74, 6) is -1.04. The van der Waals surface area contributed by atoms with Crippen LogP contribution in [0.4, 0.5) is 0 Å². The maximum atomic E-state index is 11.4. The summed E-state index contributed by atoms with van der Waals surface area (Å²) in [7, 11) is 1.98. The van der Waals surface area contributed by atoms with E-state index >= 15 is 0 Å². The molecule has 0 saturated heterocycles. The Morgan fingerprint density at radius 2 is 2.22 bits per heavy atom. The van der Waals surface area contributed by atoms with Crippen LogP contribution < -0.4 is 0 Å². The monoisotopic (exact) mass is 243 g/mol. The first-order chi connectivity index (χ1) is 8.59. The fraction of sp³-hybridized carbons (Fsp3) is 0.400. The Morgan fingerprint density at radius 3 is 2.94 bits per heavy atom. The fourth-order valence-corrected chi connectivity index (χ4v) is 3.22. The van der Waals surface area contributed by atoms with Gasteiger partial charge in [-0.25, -0.2) is 0 Å². The molecule has 0 fully saturated rings. The highest BCUT2D eigenvalue weighted by atomic mass is 16.4. The highest BCUT2D eigenvalue weighted by Gasteiger charge is 2.30. The highest BCUT2D eigenvalue weighted by molar-refractivity contribution is 5.89. The predicted octanol–water partition coefficient (Wildman–Crippen LogP) is 2.99. The lowest BCUT2D eigenvalue weighted by Crippen LogP contribution is -2.20. The lowest BCUT2D eigenvalue weighted by molar-refractivity contribution is -0.139. The molecule has 0 bridgehead atoms. The molecule has 0 spiro atoms. The van der Waals surface area contributed by atoms with Gasteiger partial charge in [0.15, 0.2) is 0 Å². The van der Waals surface area contributed by atoms with E-state index in [1.165, 1.54) is 16.5 Å². The summed E-state index contributed by atoms with van der Waals surface area (Å²) in [5, 5.41) is 10.6. The molecule has 1 atom stereocenters. The zero-order valence-corrected chi connectivity index (χ0v) is 10.7. The molecule has 1 aromatic heterocycles. The predicted molar refractivity (Wildman–Crippen MR) is 71.0 cm³/mol. The van der Waals surface area contributed by atoms with E-state index in [2.05, 4.69) is 29.7 Å². The maximum absolute atomic E-state index is 11.4. The van der Waals surface area contributed by atoms with E-state index in [1.54, 1.807) is 0 Å². The average molecular weight is 243 g/mol. The van der Waals surface area contributed by atoms with Gasteiger partial charge >= 0.3 is 5.97 Å². The van der Waals surface area contributed by atoms with E-state index in [9.17, 15) is 9.90 Å². The van der Waals surface area contributed by atoms with E-state index in [-0.39, 0.29) is 5.92 Å². The topological polar surface area (TPSA) is 42.2 Å². The van der Waals surface area contributed by atoms with Crippen molar-refractivity contribution in [3.8, 4) is 0 Å². The molecule has 0 saturated carbocycles. The molecule has 1 N–H and O–H groups in total. The minimum absolute atomic E-state index is 0.341. The minimum atomic E-state index is -0.696. The molecule has 3 rings (SSSR count). The van der Waals surface area contributed by atoms with Crippen LogP contribution in [0, 0.1) is 6.92 Å². The van der Waals surface area contributed by atoms with Gasteiger partial charge < -0.3 is 9.67 Å². The van der Waals surface area contributed by atoms with Gasteiger partial charge in [-0.05, 0) is 43.9 Å². The van der Waals surface area contributed by atoms with E-state index in [1.807, 2.05) is 7.05 Å². The Kier molecular flexibility index (Phi) is 2.44. The molecular weight excluding hydrogens is 226 g/mol. The minimum Gasteiger partial charge on any atom is -0.481 e. The summed E-state index contributed by atoms with van der Waals surface area (Å²) >= 11 is 0. The van der Waals surface area contributed by atoms with Gasteiger partial charge in [0, 0.05) is 23.6 Å². The normalized spacial score (nSPS) is 18.9. The van der Waals surface area contributed by atoms with Gasteiger partial charge in [0.1, 0.15) is 0 Å². The molecule has 0 aliphatic heterocycles. The second-order valence-corrected chi connectivity index (χ2v) is 5.23. The number of aliphatic carboxylic acids is 1. The average Bonchev–Trinajstić information content (AvgIpc) is 2.63. The highest BCUT2D eigenvalue weighted by Crippen LogP contribution is 2.38. The van der Waals surface area contributed by atoms with Gasteiger partial charge in [-0.15, -0.1) is 0 Å². The molecule has 18 heavy (non-hydrogen) atoms. The number of carboxylic acid groups (broad SMARTS) is 1. The molecule has 3 heteroatoms. The summed E-state index contributed by atoms with van der Waals surface area (Å²) < 4.78 is 2.07. The molecule has 1 aliphatic rings. The number of aryl methyl sites for hydroxylation is 3. The number of hydrogen-bond donors (Lipinski definition) is 1. The third-order valence-electron chi connectivity index (χ3n) is 4.06. The van der Waals surface area contributed by atoms with Crippen LogP contribution in [0.2, 0.25) is 0 Å². The molecule has 1 aliphatic carbocycles. The van der Waals surface area contributed by atoms with Gasteiger partial charge in [-0.3, -0.25) is 4.79 Å². The van der Waals surface area contributed by atoms with Crippen molar-refractivity contribution in [2.24, 2.45) is 7.05 Å². The molecule has 2 aromatic rings. The van der Waals surface area contributed by atoms with E-state index in [0.717, 1.165) is 30.5 Å². The van der Waals surface area contributed by atoms with Crippen LogP contribution in [0.5, 0.6) is 0 Å². The van der Waals surface area contributed by atoms with Crippen molar-refractivity contribution in [3.05, 3.63) is 35.0 Å². The van der Waals surface area contributed by atoms with Crippen molar-refractivity contribution < 1.29 is 9.90 Å². The lowest BCUT2D eigenvalue weighted by atomic mass is 9.86. The number of rotatable bonds is 1. The molecule has 0 amide bonds. The van der Waals surface area contributed by atoms with Crippen molar-refractivity contribution in [3.63, 3.8) is 0 Å². The smallest absolute Gasteiger partial charge is 0.312 e. The number of fused-ring (bicyclic) bond motifs is 3. The van der Waals surface area contributed by atoms with Crippen molar-refractivity contribution in [2.45, 2.75) is 32.1 Å². The SMILES string of the molecule is Cc1ccc2c(c1)c1c(n2C)C(C(=O)O)CCC1. The molecular formula is C15H17NO2. The number of carboxylic acids is 1. The largest absolute Gasteiger partial charge is 0.481 e. The van der Waals surface area contributed by atoms with Crippen LogP contribution in [-0.2, 0) is 18.3 Å². The van der Waals surface area contributed by atoms with Gasteiger partial charge in [0.25, 0.3) is 0 Å². The van der Waals surface area contributed by atoms with E-state index in [0.29, 0.717) is 0 Å². The van der Waals surface area contributed by atoms with Crippen molar-refractivity contribution in [1.29, 1.82) is 0 Å². The molecule has 0 radical (unpaired) electrons. The molecule has 94 valence electrons. The van der Waals surface area contributed by atoms with Crippen LogP contribution >= 0.6 is 0 Å². The number of hydrogen-bond acceptors (Lipinski definition) is 1. The molecule has 1 heterocycles. The second kappa shape index (κ2) is 3.87. The summed E-state index contributed by atoms with van der Waals surface area (Å²) in [5.41, 5.74) is 4.64. The van der Waals surface area contributed by atoms with Crippen LogP contribution in [0.3, 0.4) is 0 Å². The standard InChI is InChI=1S/C15H17NO2/c1-9-6-7-13-12(8-9)10-4-3-5-11(15(17)18)14(10)16(13)2/h6-8,11H,3-5H2,1-2H3,(H,17,18). The summed E-state index contributed by atoms with van der Waals surface area (Å²) in [6.07, 6.45) is 2.72. The van der Waals surface area contributed by atoms with Crippen LogP contribution in [0.1, 0.15) is 35.6 Å². The Balaban J connectivity index is 2.34. The Labute approximate surface area is 106 Å². The van der Waals surface area contributed by atoms with Crippen molar-refractivity contribution >= 4 is 16.9 Å². The van der Waals surface area contributed by atoms with Gasteiger partial charge in [-0.1, -0.05) is 11.6 Å². The summed E-state index contributed by atoms with van der Waals surface area (Å²) in [6, 6.07) is 6.36. The third kappa shape index (κ3) is 1.47. The van der Waals surface area contributed by atoms with E-state index in [4.69, 9.17) is 0 Å². The van der Waals surface area contributed by atoms with Crippen LogP contribution in [0.15, 0.2) is 18.2 Å². The van der Waals surface area contributed by atoms with Gasteiger partial charge in [0.05, 0.1) is 5.92 Å². The fourth-order valence-electron chi connectivity index (χ4n) is 3.22.